The van der Waals surface area contributed by atoms with Crippen LogP contribution in [0.1, 0.15) is 24.5 Å². The number of esters is 1. The van der Waals surface area contributed by atoms with Gasteiger partial charge in [-0.2, -0.15) is 0 Å². The summed E-state index contributed by atoms with van der Waals surface area (Å²) in [6.07, 6.45) is -0.277. The average Bonchev–Trinajstić information content (AvgIpc) is 2.66. The maximum Gasteiger partial charge on any atom is 0.347 e. The monoisotopic (exact) mass is 386 g/mol. The van der Waals surface area contributed by atoms with Gasteiger partial charge in [0.05, 0.1) is 0 Å². The molecular weight excluding hydrogens is 368 g/mol. The average molecular weight is 387 g/mol. The highest BCUT2D eigenvalue weighted by molar-refractivity contribution is 6.32. The van der Waals surface area contributed by atoms with Crippen LogP contribution >= 0.6 is 11.6 Å². The summed E-state index contributed by atoms with van der Waals surface area (Å²) in [6, 6.07) is 13.8. The van der Waals surface area contributed by atoms with Crippen LogP contribution in [0.2, 0.25) is 5.02 Å². The Morgan fingerprint density at radius 1 is 1.19 bits per heavy atom. The third kappa shape index (κ3) is 4.49. The van der Waals surface area contributed by atoms with Crippen molar-refractivity contribution in [1.29, 1.82) is 0 Å². The Morgan fingerprint density at radius 3 is 2.63 bits per heavy atom. The summed E-state index contributed by atoms with van der Waals surface area (Å²) in [7, 11) is 0. The predicted molar refractivity (Wildman–Crippen MR) is 103 cm³/mol. The minimum atomic E-state index is -0.732. The van der Waals surface area contributed by atoms with E-state index in [1.165, 1.54) is 6.07 Å². The lowest BCUT2D eigenvalue weighted by Crippen LogP contribution is -2.28. The lowest BCUT2D eigenvalue weighted by Gasteiger charge is -2.16. The molecule has 0 amide bonds. The zero-order valence-corrected chi connectivity index (χ0v) is 15.8. The fourth-order valence-corrected chi connectivity index (χ4v) is 2.83. The molecule has 0 radical (unpaired) electrons. The largest absolute Gasteiger partial charge is 0.479 e. The van der Waals surface area contributed by atoms with Crippen LogP contribution in [-0.4, -0.2) is 12.1 Å². The van der Waals surface area contributed by atoms with Gasteiger partial charge in [-0.05, 0) is 43.2 Å². The van der Waals surface area contributed by atoms with Crippen LogP contribution in [0.15, 0.2) is 57.7 Å². The van der Waals surface area contributed by atoms with Crippen LogP contribution in [-0.2, 0) is 16.1 Å². The van der Waals surface area contributed by atoms with Gasteiger partial charge in [-0.3, -0.25) is 0 Å². The van der Waals surface area contributed by atoms with Gasteiger partial charge in [-0.25, -0.2) is 9.59 Å². The second-order valence-corrected chi connectivity index (χ2v) is 6.53. The van der Waals surface area contributed by atoms with E-state index in [0.717, 1.165) is 5.56 Å². The molecule has 140 valence electrons. The first-order valence-electron chi connectivity index (χ1n) is 8.59. The molecule has 3 rings (SSSR count). The van der Waals surface area contributed by atoms with Gasteiger partial charge < -0.3 is 13.9 Å². The van der Waals surface area contributed by atoms with E-state index in [0.29, 0.717) is 33.7 Å². The minimum absolute atomic E-state index is 0.0744. The zero-order valence-electron chi connectivity index (χ0n) is 15.0. The van der Waals surface area contributed by atoms with Crippen LogP contribution in [0.3, 0.4) is 0 Å². The number of hydrogen-bond acceptors (Lipinski definition) is 5. The highest BCUT2D eigenvalue weighted by atomic mass is 35.5. The van der Waals surface area contributed by atoms with Crippen molar-refractivity contribution in [3.05, 3.63) is 75.1 Å². The fraction of sp³-hybridized carbons (Fsp3) is 0.238. The van der Waals surface area contributed by atoms with E-state index in [4.69, 9.17) is 25.5 Å². The number of rotatable bonds is 6. The molecule has 0 fully saturated rings. The Hall–Kier alpha value is -2.79. The van der Waals surface area contributed by atoms with Gasteiger partial charge in [0.1, 0.15) is 17.9 Å². The molecule has 1 aromatic heterocycles. The molecule has 2 aromatic carbocycles. The molecule has 6 heteroatoms. The van der Waals surface area contributed by atoms with Gasteiger partial charge in [0.15, 0.2) is 6.10 Å². The normalized spacial score (nSPS) is 12.0. The van der Waals surface area contributed by atoms with Crippen LogP contribution in [0.5, 0.6) is 5.75 Å². The molecule has 0 bridgehead atoms. The molecule has 1 heterocycles. The number of halogens is 1. The lowest BCUT2D eigenvalue weighted by atomic mass is 10.1. The number of carbonyl (C=O) groups is 1. The van der Waals surface area contributed by atoms with Crippen LogP contribution in [0.4, 0.5) is 0 Å². The van der Waals surface area contributed by atoms with Crippen molar-refractivity contribution in [1.82, 2.24) is 0 Å². The molecule has 3 aromatic rings. The first kappa shape index (κ1) is 19.0. The topological polar surface area (TPSA) is 65.7 Å². The Kier molecular flexibility index (Phi) is 5.81. The first-order chi connectivity index (χ1) is 13.0. The number of hydrogen-bond donors (Lipinski definition) is 0. The first-order valence-corrected chi connectivity index (χ1v) is 8.97. The molecule has 0 saturated heterocycles. The van der Waals surface area contributed by atoms with E-state index in [1.54, 1.807) is 24.3 Å². The summed E-state index contributed by atoms with van der Waals surface area (Å²) in [5.74, 6) is 0.0929. The third-order valence-electron chi connectivity index (χ3n) is 4.13. The summed E-state index contributed by atoms with van der Waals surface area (Å²) in [5.41, 5.74) is 1.22. The Balaban J connectivity index is 1.78. The summed E-state index contributed by atoms with van der Waals surface area (Å²) in [4.78, 5) is 24.2. The van der Waals surface area contributed by atoms with Crippen molar-refractivity contribution in [3.63, 3.8) is 0 Å². The van der Waals surface area contributed by atoms with Crippen molar-refractivity contribution in [2.24, 2.45) is 0 Å². The number of carbonyl (C=O) groups excluding carboxylic acids is 1. The standard InChI is InChI=1S/C21H19ClO5/c1-3-18(26-15-7-5-4-6-8-15)21(24)25-12-14-10-20(23)27-19-9-13(2)17(22)11-16(14)19/h4-11,18H,3,12H2,1-2H3/t18-/m1/s1. The van der Waals surface area contributed by atoms with Gasteiger partial charge >= 0.3 is 11.6 Å². The molecule has 0 unspecified atom stereocenters. The Labute approximate surface area is 161 Å². The fourth-order valence-electron chi connectivity index (χ4n) is 2.67. The maximum absolute atomic E-state index is 12.4. The molecule has 27 heavy (non-hydrogen) atoms. The molecule has 0 saturated carbocycles. The SMILES string of the molecule is CC[C@@H](Oc1ccccc1)C(=O)OCc1cc(=O)oc2cc(C)c(Cl)cc12. The van der Waals surface area contributed by atoms with E-state index in [-0.39, 0.29) is 6.61 Å². The molecule has 5 nitrogen and oxygen atoms in total. The number of ether oxygens (including phenoxy) is 2. The zero-order chi connectivity index (χ0) is 19.4. The van der Waals surface area contributed by atoms with Gasteiger partial charge in [-0.15, -0.1) is 0 Å². The van der Waals surface area contributed by atoms with Crippen molar-refractivity contribution in [3.8, 4) is 5.75 Å². The smallest absolute Gasteiger partial charge is 0.347 e. The minimum Gasteiger partial charge on any atom is -0.479 e. The Bertz CT molecular complexity index is 1010. The number of fused-ring (bicyclic) bond motifs is 1. The van der Waals surface area contributed by atoms with Gasteiger partial charge in [0, 0.05) is 22.0 Å². The van der Waals surface area contributed by atoms with E-state index in [1.807, 2.05) is 32.0 Å². The molecule has 0 aliphatic rings. The number of benzene rings is 2. The van der Waals surface area contributed by atoms with Gasteiger partial charge in [0.25, 0.3) is 0 Å². The van der Waals surface area contributed by atoms with Gasteiger partial charge in [-0.1, -0.05) is 36.7 Å². The maximum atomic E-state index is 12.4. The van der Waals surface area contributed by atoms with E-state index >= 15 is 0 Å². The highest BCUT2D eigenvalue weighted by Gasteiger charge is 2.21. The summed E-state index contributed by atoms with van der Waals surface area (Å²) >= 11 is 6.18. The van der Waals surface area contributed by atoms with Crippen LogP contribution < -0.4 is 10.4 Å². The second-order valence-electron chi connectivity index (χ2n) is 6.12. The Morgan fingerprint density at radius 2 is 1.93 bits per heavy atom. The number of para-hydroxylation sites is 1. The quantitative estimate of drug-likeness (QED) is 0.455. The highest BCUT2D eigenvalue weighted by Crippen LogP contribution is 2.25. The molecule has 1 atom stereocenters. The van der Waals surface area contributed by atoms with Crippen molar-refractivity contribution in [2.45, 2.75) is 33.0 Å². The molecule has 0 aliphatic carbocycles. The summed E-state index contributed by atoms with van der Waals surface area (Å²) < 4.78 is 16.3. The van der Waals surface area contributed by atoms with Crippen LogP contribution in [0, 0.1) is 6.92 Å². The summed E-state index contributed by atoms with van der Waals surface area (Å²) in [6.45, 7) is 3.58. The molecular formula is C21H19ClO5. The molecule has 0 N–H and O–H groups in total. The van der Waals surface area contributed by atoms with E-state index < -0.39 is 17.7 Å². The summed E-state index contributed by atoms with van der Waals surface area (Å²) in [5, 5.41) is 1.18. The molecule has 0 aliphatic heterocycles. The van der Waals surface area contributed by atoms with E-state index in [9.17, 15) is 9.59 Å². The van der Waals surface area contributed by atoms with Crippen molar-refractivity contribution >= 4 is 28.5 Å². The number of aryl methyl sites for hydroxylation is 1. The predicted octanol–water partition coefficient (Wildman–Crippen LogP) is 4.66. The van der Waals surface area contributed by atoms with E-state index in [2.05, 4.69) is 0 Å². The van der Waals surface area contributed by atoms with Crippen molar-refractivity contribution < 1.29 is 18.7 Å². The van der Waals surface area contributed by atoms with Gasteiger partial charge in [0.2, 0.25) is 0 Å². The van der Waals surface area contributed by atoms with Crippen LogP contribution in [0.25, 0.3) is 11.0 Å². The van der Waals surface area contributed by atoms with Crippen molar-refractivity contribution in [2.75, 3.05) is 0 Å². The lowest BCUT2D eigenvalue weighted by molar-refractivity contribution is -0.153. The molecule has 0 spiro atoms. The third-order valence-corrected chi connectivity index (χ3v) is 4.54. The second kappa shape index (κ2) is 8.27.